The van der Waals surface area contributed by atoms with Crippen molar-refractivity contribution in [3.8, 4) is 22.6 Å². The number of carbonyl (C=O) groups excluding carboxylic acids is 1. The molecule has 0 fully saturated rings. The van der Waals surface area contributed by atoms with Crippen molar-refractivity contribution >= 4 is 11.7 Å². The lowest BCUT2D eigenvalue weighted by Crippen LogP contribution is -2.28. The van der Waals surface area contributed by atoms with Gasteiger partial charge in [-0.2, -0.15) is 0 Å². The number of nitrogens with zero attached hydrogens (tertiary/aromatic N) is 6. The Morgan fingerprint density at radius 3 is 2.67 bits per heavy atom. The topological polar surface area (TPSA) is 108 Å². The maximum atomic E-state index is 13.1. The molecule has 0 aliphatic heterocycles. The molecule has 9 nitrogen and oxygen atoms in total. The van der Waals surface area contributed by atoms with E-state index < -0.39 is 11.5 Å². The molecular weight excluding hydrogens is 418 g/mol. The van der Waals surface area contributed by atoms with Crippen molar-refractivity contribution in [1.82, 2.24) is 29.3 Å². The van der Waals surface area contributed by atoms with E-state index in [9.17, 15) is 9.59 Å². The van der Waals surface area contributed by atoms with Gasteiger partial charge >= 0.3 is 0 Å². The summed E-state index contributed by atoms with van der Waals surface area (Å²) < 4.78 is 3.30. The van der Waals surface area contributed by atoms with Crippen LogP contribution in [0.5, 0.6) is 0 Å². The van der Waals surface area contributed by atoms with Crippen molar-refractivity contribution in [2.45, 2.75) is 33.7 Å². The minimum atomic E-state index is -0.537. The molecule has 0 bridgehead atoms. The standard InChI is InChI=1S/C24H25N7O2/c1-14(2)31-13-26-29-22(31)20-7-6-8-21(27-20)28-23(32)18-10-17(12-30(5)24(18)33)19-11-25-16(4)9-15(19)3/h6-14H,1-5H3,(H,27,28,32). The van der Waals surface area contributed by atoms with Crippen molar-refractivity contribution in [1.29, 1.82) is 0 Å². The zero-order valence-corrected chi connectivity index (χ0v) is 19.2. The first-order valence-electron chi connectivity index (χ1n) is 10.6. The predicted octanol–water partition coefficient (Wildman–Crippen LogP) is 3.55. The number of hydrogen-bond acceptors (Lipinski definition) is 6. The van der Waals surface area contributed by atoms with Gasteiger partial charge in [0, 0.05) is 42.3 Å². The SMILES string of the molecule is Cc1cc(C)c(-c2cc(C(=O)Nc3cccc(-c4nncn4C(C)C)n3)c(=O)n(C)c2)cn1. The van der Waals surface area contributed by atoms with Crippen LogP contribution in [-0.2, 0) is 7.05 Å². The first-order valence-corrected chi connectivity index (χ1v) is 10.6. The van der Waals surface area contributed by atoms with E-state index in [1.54, 1.807) is 50.0 Å². The Kier molecular flexibility index (Phi) is 5.87. The van der Waals surface area contributed by atoms with Crippen LogP contribution in [-0.4, -0.2) is 35.2 Å². The molecule has 1 N–H and O–H groups in total. The summed E-state index contributed by atoms with van der Waals surface area (Å²) in [7, 11) is 1.62. The smallest absolute Gasteiger partial charge is 0.263 e. The van der Waals surface area contributed by atoms with Gasteiger partial charge in [-0.3, -0.25) is 14.6 Å². The van der Waals surface area contributed by atoms with E-state index in [0.717, 1.165) is 22.4 Å². The third-order valence-electron chi connectivity index (χ3n) is 5.34. The minimum Gasteiger partial charge on any atom is -0.317 e. The summed E-state index contributed by atoms with van der Waals surface area (Å²) in [6, 6.07) is 8.95. The number of rotatable bonds is 5. The largest absolute Gasteiger partial charge is 0.317 e. The van der Waals surface area contributed by atoms with E-state index in [1.165, 1.54) is 4.57 Å². The Morgan fingerprint density at radius 2 is 1.94 bits per heavy atom. The second kappa shape index (κ2) is 8.78. The lowest BCUT2D eigenvalue weighted by atomic mass is 10.0. The van der Waals surface area contributed by atoms with Crippen molar-refractivity contribution in [2.24, 2.45) is 7.05 Å². The average molecular weight is 444 g/mol. The highest BCUT2D eigenvalue weighted by atomic mass is 16.2. The highest BCUT2D eigenvalue weighted by molar-refractivity contribution is 6.04. The normalized spacial score (nSPS) is 11.1. The van der Waals surface area contributed by atoms with Crippen LogP contribution in [0.25, 0.3) is 22.6 Å². The zero-order chi connectivity index (χ0) is 23.7. The first-order chi connectivity index (χ1) is 15.7. The lowest BCUT2D eigenvalue weighted by Gasteiger charge is -2.12. The molecule has 0 radical (unpaired) electrons. The van der Waals surface area contributed by atoms with Crippen LogP contribution in [0.3, 0.4) is 0 Å². The second-order valence-electron chi connectivity index (χ2n) is 8.22. The fraction of sp³-hybridized carbons (Fsp3) is 0.250. The molecule has 4 rings (SSSR count). The molecule has 4 aromatic heterocycles. The quantitative estimate of drug-likeness (QED) is 0.505. The number of aromatic nitrogens is 6. The number of nitrogens with one attached hydrogen (secondary N) is 1. The highest BCUT2D eigenvalue weighted by Gasteiger charge is 2.17. The number of pyridine rings is 3. The summed E-state index contributed by atoms with van der Waals surface area (Å²) >= 11 is 0. The monoisotopic (exact) mass is 443 g/mol. The number of hydrogen-bond donors (Lipinski definition) is 1. The van der Waals surface area contributed by atoms with Crippen molar-refractivity contribution in [2.75, 3.05) is 5.32 Å². The fourth-order valence-corrected chi connectivity index (χ4v) is 3.64. The van der Waals surface area contributed by atoms with Gasteiger partial charge in [0.05, 0.1) is 0 Å². The lowest BCUT2D eigenvalue weighted by molar-refractivity contribution is 0.102. The molecule has 0 atom stereocenters. The molecule has 0 aliphatic rings. The number of aryl methyl sites for hydroxylation is 3. The van der Waals surface area contributed by atoms with Crippen molar-refractivity contribution in [3.63, 3.8) is 0 Å². The number of amides is 1. The Labute approximate surface area is 191 Å². The molecule has 9 heteroatoms. The predicted molar refractivity (Wildman–Crippen MR) is 126 cm³/mol. The summed E-state index contributed by atoms with van der Waals surface area (Å²) in [5.41, 5.74) is 3.70. The van der Waals surface area contributed by atoms with E-state index in [-0.39, 0.29) is 11.6 Å². The zero-order valence-electron chi connectivity index (χ0n) is 19.2. The van der Waals surface area contributed by atoms with Gasteiger partial charge in [-0.05, 0) is 57.5 Å². The molecule has 0 aliphatic carbocycles. The second-order valence-corrected chi connectivity index (χ2v) is 8.22. The molecule has 0 spiro atoms. The third kappa shape index (κ3) is 4.43. The Morgan fingerprint density at radius 1 is 1.15 bits per heavy atom. The maximum absolute atomic E-state index is 13.1. The van der Waals surface area contributed by atoms with E-state index in [4.69, 9.17) is 0 Å². The van der Waals surface area contributed by atoms with Crippen molar-refractivity contribution in [3.05, 3.63) is 76.2 Å². The molecule has 0 saturated heterocycles. The van der Waals surface area contributed by atoms with Gasteiger partial charge in [0.1, 0.15) is 23.4 Å². The van der Waals surface area contributed by atoms with Gasteiger partial charge in [-0.15, -0.1) is 10.2 Å². The molecule has 4 heterocycles. The molecule has 1 amide bonds. The van der Waals surface area contributed by atoms with Crippen LogP contribution in [0.1, 0.15) is 41.5 Å². The van der Waals surface area contributed by atoms with Gasteiger partial charge in [-0.1, -0.05) is 6.07 Å². The van der Waals surface area contributed by atoms with Gasteiger partial charge < -0.3 is 14.5 Å². The van der Waals surface area contributed by atoms with E-state index in [2.05, 4.69) is 25.5 Å². The van der Waals surface area contributed by atoms with Gasteiger partial charge in [-0.25, -0.2) is 4.98 Å². The summed E-state index contributed by atoms with van der Waals surface area (Å²) in [5.74, 6) is 0.378. The Bertz CT molecular complexity index is 1400. The number of anilines is 1. The fourth-order valence-electron chi connectivity index (χ4n) is 3.64. The summed E-state index contributed by atoms with van der Waals surface area (Å²) in [6.45, 7) is 7.93. The molecule has 0 unspecified atom stereocenters. The van der Waals surface area contributed by atoms with E-state index in [1.807, 2.05) is 38.3 Å². The summed E-state index contributed by atoms with van der Waals surface area (Å²) in [5, 5.41) is 10.9. The van der Waals surface area contributed by atoms with E-state index >= 15 is 0 Å². The molecule has 168 valence electrons. The van der Waals surface area contributed by atoms with Gasteiger partial charge in [0.25, 0.3) is 11.5 Å². The van der Waals surface area contributed by atoms with Crippen molar-refractivity contribution < 1.29 is 4.79 Å². The Balaban J connectivity index is 1.67. The van der Waals surface area contributed by atoms with Crippen LogP contribution in [0.4, 0.5) is 5.82 Å². The molecule has 33 heavy (non-hydrogen) atoms. The van der Waals surface area contributed by atoms with Crippen LogP contribution in [0, 0.1) is 13.8 Å². The third-order valence-corrected chi connectivity index (χ3v) is 5.34. The Hall–Kier alpha value is -4.14. The van der Waals surface area contributed by atoms with Crippen LogP contribution in [0.2, 0.25) is 0 Å². The van der Waals surface area contributed by atoms with Gasteiger partial charge in [0.15, 0.2) is 5.82 Å². The molecular formula is C24H25N7O2. The highest BCUT2D eigenvalue weighted by Crippen LogP contribution is 2.23. The minimum absolute atomic E-state index is 0.0209. The maximum Gasteiger partial charge on any atom is 0.263 e. The summed E-state index contributed by atoms with van der Waals surface area (Å²) in [6.07, 6.45) is 5.10. The first kappa shape index (κ1) is 22.1. The average Bonchev–Trinajstić information content (AvgIpc) is 3.26. The van der Waals surface area contributed by atoms with Crippen LogP contribution < -0.4 is 10.9 Å². The van der Waals surface area contributed by atoms with Gasteiger partial charge in [0.2, 0.25) is 0 Å². The molecule has 4 aromatic rings. The summed E-state index contributed by atoms with van der Waals surface area (Å²) in [4.78, 5) is 34.7. The molecule has 0 aromatic carbocycles. The molecule has 0 saturated carbocycles. The number of carbonyl (C=O) groups is 1. The van der Waals surface area contributed by atoms with Crippen LogP contribution in [0.15, 0.2) is 53.8 Å². The van der Waals surface area contributed by atoms with E-state index in [0.29, 0.717) is 17.3 Å². The van der Waals surface area contributed by atoms with Crippen LogP contribution >= 0.6 is 0 Å².